The number of carbonyl (C=O) groups excluding carboxylic acids is 1. The molecule has 176 valence electrons. The maximum Gasteiger partial charge on any atom is 0.244 e. The molecule has 1 atom stereocenters. The van der Waals surface area contributed by atoms with E-state index in [4.69, 9.17) is 15.6 Å². The molecular weight excluding hydrogens is 428 g/mol. The number of hydrogen-bond acceptors (Lipinski definition) is 6. The minimum absolute atomic E-state index is 0.104. The van der Waals surface area contributed by atoms with Crippen LogP contribution in [0.5, 0.6) is 5.75 Å². The molecule has 0 bridgehead atoms. The molecule has 1 unspecified atom stereocenters. The lowest BCUT2D eigenvalue weighted by Gasteiger charge is -2.34. The fraction of sp³-hybridized carbons (Fsp3) is 0.522. The molecule has 0 aromatic heterocycles. The van der Waals surface area contributed by atoms with E-state index < -0.39 is 21.2 Å². The van der Waals surface area contributed by atoms with Crippen LogP contribution < -0.4 is 15.6 Å². The van der Waals surface area contributed by atoms with Crippen LogP contribution in [0.25, 0.3) is 0 Å². The molecule has 32 heavy (non-hydrogen) atoms. The van der Waals surface area contributed by atoms with Gasteiger partial charge in [0.2, 0.25) is 15.9 Å². The molecule has 2 aliphatic rings. The Morgan fingerprint density at radius 2 is 1.88 bits per heavy atom. The van der Waals surface area contributed by atoms with Crippen LogP contribution >= 0.6 is 0 Å². The van der Waals surface area contributed by atoms with Crippen LogP contribution in [0, 0.1) is 0 Å². The number of nitrogens with two attached hydrogens (primary N) is 2. The van der Waals surface area contributed by atoms with E-state index in [0.717, 1.165) is 32.5 Å². The van der Waals surface area contributed by atoms with Gasteiger partial charge >= 0.3 is 0 Å². The molecule has 1 amide bonds. The van der Waals surface area contributed by atoms with Crippen LogP contribution in [-0.4, -0.2) is 62.1 Å². The van der Waals surface area contributed by atoms with Gasteiger partial charge in [0, 0.05) is 31.6 Å². The molecule has 1 aliphatic heterocycles. The lowest BCUT2D eigenvalue weighted by atomic mass is 9.99. The quantitative estimate of drug-likeness (QED) is 0.519. The number of primary amides is 1. The highest BCUT2D eigenvalue weighted by Gasteiger charge is 2.37. The molecule has 4 N–H and O–H groups in total. The van der Waals surface area contributed by atoms with E-state index >= 15 is 0 Å². The molecule has 1 aromatic carbocycles. The molecule has 3 rings (SSSR count). The number of likely N-dealkylation sites (tertiary alicyclic amines) is 1. The highest BCUT2D eigenvalue weighted by molar-refractivity contribution is 7.90. The zero-order valence-corrected chi connectivity index (χ0v) is 19.5. The summed E-state index contributed by atoms with van der Waals surface area (Å²) in [6, 6.07) is 9.01. The van der Waals surface area contributed by atoms with Crippen molar-refractivity contribution in [2.24, 2.45) is 10.9 Å². The number of unbranched alkanes of at least 4 members (excludes halogenated alkanes) is 1. The number of para-hydroxylation sites is 1. The van der Waals surface area contributed by atoms with E-state index in [9.17, 15) is 13.2 Å². The summed E-state index contributed by atoms with van der Waals surface area (Å²) >= 11 is 0. The number of amides is 1. The number of hydrogen-bond donors (Lipinski definition) is 2. The zero-order valence-electron chi connectivity index (χ0n) is 18.7. The van der Waals surface area contributed by atoms with E-state index in [-0.39, 0.29) is 17.8 Å². The van der Waals surface area contributed by atoms with Gasteiger partial charge in [-0.05, 0) is 50.6 Å². The average molecular weight is 463 g/mol. The summed E-state index contributed by atoms with van der Waals surface area (Å²) in [4.78, 5) is 16.6. The van der Waals surface area contributed by atoms with Crippen molar-refractivity contribution in [3.05, 3.63) is 53.4 Å². The molecule has 1 saturated heterocycles. The molecule has 1 aromatic rings. The molecule has 1 aliphatic carbocycles. The monoisotopic (exact) mass is 462 g/mol. The molecule has 1 heterocycles. The summed E-state index contributed by atoms with van der Waals surface area (Å²) in [6.45, 7) is 6.49. The molecule has 0 spiro atoms. The van der Waals surface area contributed by atoms with Gasteiger partial charge in [0.1, 0.15) is 16.8 Å². The van der Waals surface area contributed by atoms with E-state index in [0.29, 0.717) is 24.5 Å². The third-order valence-electron chi connectivity index (χ3n) is 5.95. The van der Waals surface area contributed by atoms with Crippen LogP contribution in [0.3, 0.4) is 0 Å². The van der Waals surface area contributed by atoms with Gasteiger partial charge in [-0.1, -0.05) is 31.5 Å². The normalized spacial score (nSPS) is 19.7. The first-order valence-electron chi connectivity index (χ1n) is 11.3. The summed E-state index contributed by atoms with van der Waals surface area (Å²) in [5.41, 5.74) is 6.38. The third-order valence-corrected chi connectivity index (χ3v) is 7.13. The Morgan fingerprint density at radius 3 is 2.47 bits per heavy atom. The molecule has 0 radical (unpaired) electrons. The number of benzene rings is 1. The minimum Gasteiger partial charge on any atom is -0.458 e. The fourth-order valence-corrected chi connectivity index (χ4v) is 5.02. The van der Waals surface area contributed by atoms with Crippen molar-refractivity contribution in [3.8, 4) is 5.75 Å². The SMILES string of the molecule is CCCCN(CCN1CCCC1)C1=C(Oc2ccccc2)C(S(N)(=O)=O)CC(C(N)=O)=C1. The van der Waals surface area contributed by atoms with Crippen LogP contribution in [0.15, 0.2) is 53.4 Å². The van der Waals surface area contributed by atoms with E-state index in [1.807, 2.05) is 18.2 Å². The van der Waals surface area contributed by atoms with Crippen molar-refractivity contribution in [1.82, 2.24) is 9.80 Å². The Hall–Kier alpha value is -2.36. The second-order valence-corrected chi connectivity index (χ2v) is 10.1. The number of ether oxygens (including phenoxy) is 1. The zero-order chi connectivity index (χ0) is 23.1. The fourth-order valence-electron chi connectivity index (χ4n) is 4.14. The van der Waals surface area contributed by atoms with Gasteiger partial charge in [0.05, 0.1) is 5.70 Å². The first kappa shape index (κ1) is 24.3. The molecule has 8 nitrogen and oxygen atoms in total. The Balaban J connectivity index is 2.05. The second-order valence-electron chi connectivity index (χ2n) is 8.37. The van der Waals surface area contributed by atoms with Crippen molar-refractivity contribution in [1.29, 1.82) is 0 Å². The molecular formula is C23H34N4O4S. The molecule has 0 saturated carbocycles. The third kappa shape index (κ3) is 6.34. The van der Waals surface area contributed by atoms with Gasteiger partial charge in [-0.2, -0.15) is 0 Å². The van der Waals surface area contributed by atoms with Gasteiger partial charge in [-0.25, -0.2) is 13.6 Å². The van der Waals surface area contributed by atoms with Gasteiger partial charge in [-0.3, -0.25) is 4.79 Å². The number of carbonyl (C=O) groups is 1. The lowest BCUT2D eigenvalue weighted by Crippen LogP contribution is -2.41. The molecule has 1 fully saturated rings. The number of primary sulfonamides is 1. The van der Waals surface area contributed by atoms with Crippen molar-refractivity contribution < 1.29 is 17.9 Å². The number of rotatable bonds is 11. The van der Waals surface area contributed by atoms with Gasteiger partial charge in [-0.15, -0.1) is 0 Å². The van der Waals surface area contributed by atoms with Gasteiger partial charge < -0.3 is 20.3 Å². The van der Waals surface area contributed by atoms with E-state index in [2.05, 4.69) is 16.7 Å². The summed E-state index contributed by atoms with van der Waals surface area (Å²) < 4.78 is 31.3. The highest BCUT2D eigenvalue weighted by Crippen LogP contribution is 2.32. The van der Waals surface area contributed by atoms with E-state index in [1.54, 1.807) is 18.2 Å². The standard InChI is InChI=1S/C23H34N4O4S/c1-2-3-13-27(15-14-26-11-7-8-12-26)20-16-18(23(24)28)17-21(32(25,29)30)22(20)31-19-9-5-4-6-10-19/h4-6,9-10,16,21H,2-3,7-8,11-15,17H2,1H3,(H2,24,28)(H2,25,29,30). The number of nitrogens with zero attached hydrogens (tertiary/aromatic N) is 2. The van der Waals surface area contributed by atoms with Crippen LogP contribution in [0.4, 0.5) is 0 Å². The average Bonchev–Trinajstić information content (AvgIpc) is 3.27. The maximum atomic E-state index is 12.6. The first-order chi connectivity index (χ1) is 15.3. The Morgan fingerprint density at radius 1 is 1.19 bits per heavy atom. The second kappa shape index (κ2) is 11.0. The van der Waals surface area contributed by atoms with Crippen molar-refractivity contribution in [2.45, 2.75) is 44.3 Å². The van der Waals surface area contributed by atoms with E-state index in [1.165, 1.54) is 12.8 Å². The Labute approximate surface area is 190 Å². The summed E-state index contributed by atoms with van der Waals surface area (Å²) in [6.07, 6.45) is 5.86. The van der Waals surface area contributed by atoms with Gasteiger partial charge in [0.15, 0.2) is 0 Å². The van der Waals surface area contributed by atoms with Gasteiger partial charge in [0.25, 0.3) is 0 Å². The van der Waals surface area contributed by atoms with Crippen molar-refractivity contribution in [2.75, 3.05) is 32.7 Å². The molecule has 9 heteroatoms. The number of allylic oxidation sites excluding steroid dienone is 1. The minimum atomic E-state index is -4.05. The van der Waals surface area contributed by atoms with Crippen molar-refractivity contribution in [3.63, 3.8) is 0 Å². The van der Waals surface area contributed by atoms with Crippen LogP contribution in [0.1, 0.15) is 39.0 Å². The summed E-state index contributed by atoms with van der Waals surface area (Å²) in [7, 11) is -4.05. The Bertz CT molecular complexity index is 953. The predicted octanol–water partition coefficient (Wildman–Crippen LogP) is 1.95. The maximum absolute atomic E-state index is 12.6. The highest BCUT2D eigenvalue weighted by atomic mass is 32.2. The number of sulfonamides is 1. The summed E-state index contributed by atoms with van der Waals surface area (Å²) in [5.74, 6) is 0.116. The first-order valence-corrected chi connectivity index (χ1v) is 12.9. The largest absolute Gasteiger partial charge is 0.458 e. The van der Waals surface area contributed by atoms with Crippen molar-refractivity contribution >= 4 is 15.9 Å². The van der Waals surface area contributed by atoms with Crippen LogP contribution in [-0.2, 0) is 14.8 Å². The Kier molecular flexibility index (Phi) is 8.33. The van der Waals surface area contributed by atoms with Crippen LogP contribution in [0.2, 0.25) is 0 Å². The predicted molar refractivity (Wildman–Crippen MR) is 125 cm³/mol. The lowest BCUT2D eigenvalue weighted by molar-refractivity contribution is -0.114. The summed E-state index contributed by atoms with van der Waals surface area (Å²) in [5, 5.41) is 4.43. The topological polar surface area (TPSA) is 119 Å². The smallest absolute Gasteiger partial charge is 0.244 e.